The molecule has 0 spiro atoms. The molecule has 1 saturated heterocycles. The zero-order chi connectivity index (χ0) is 12.7. The molecule has 1 fully saturated rings. The first-order valence-corrected chi connectivity index (χ1v) is 6.75. The Morgan fingerprint density at radius 1 is 1.41 bits per heavy atom. The second-order valence-corrected chi connectivity index (χ2v) is 4.83. The van der Waals surface area contributed by atoms with Crippen LogP contribution in [0.1, 0.15) is 39.5 Å². The second-order valence-electron chi connectivity index (χ2n) is 4.83. The van der Waals surface area contributed by atoms with Gasteiger partial charge in [0.05, 0.1) is 19.8 Å². The molecule has 0 aromatic carbocycles. The van der Waals surface area contributed by atoms with Crippen LogP contribution in [-0.2, 0) is 9.47 Å². The molecule has 4 atom stereocenters. The normalized spacial score (nSPS) is 30.7. The zero-order valence-corrected chi connectivity index (χ0v) is 11.0. The van der Waals surface area contributed by atoms with Gasteiger partial charge in [0.25, 0.3) is 0 Å². The van der Waals surface area contributed by atoms with E-state index in [1.165, 1.54) is 19.3 Å². The van der Waals surface area contributed by atoms with Crippen LogP contribution >= 0.6 is 0 Å². The van der Waals surface area contributed by atoms with Crippen LogP contribution in [-0.4, -0.2) is 48.3 Å². The topological polar surface area (TPSA) is 58.9 Å². The number of aliphatic hydroxyl groups excluding tert-OH is 2. The molecule has 1 heterocycles. The van der Waals surface area contributed by atoms with Gasteiger partial charge in [-0.25, -0.2) is 0 Å². The van der Waals surface area contributed by atoms with E-state index in [2.05, 4.69) is 13.8 Å². The van der Waals surface area contributed by atoms with Crippen LogP contribution in [0, 0.1) is 5.92 Å². The lowest BCUT2D eigenvalue weighted by atomic mass is 10.0. The summed E-state index contributed by atoms with van der Waals surface area (Å²) < 4.78 is 11.0. The molecule has 4 nitrogen and oxygen atoms in total. The number of ether oxygens (including phenoxy) is 2. The summed E-state index contributed by atoms with van der Waals surface area (Å²) in [6.45, 7) is 5.28. The largest absolute Gasteiger partial charge is 0.394 e. The fourth-order valence-electron chi connectivity index (χ4n) is 2.12. The lowest BCUT2D eigenvalue weighted by molar-refractivity contribution is -0.0386. The Morgan fingerprint density at radius 3 is 2.71 bits per heavy atom. The smallest absolute Gasteiger partial charge is 0.111 e. The van der Waals surface area contributed by atoms with Crippen LogP contribution in [0.2, 0.25) is 0 Å². The Bertz CT molecular complexity index is 198. The molecule has 17 heavy (non-hydrogen) atoms. The highest BCUT2D eigenvalue weighted by Gasteiger charge is 2.36. The maximum atomic E-state index is 9.80. The van der Waals surface area contributed by atoms with Gasteiger partial charge in [0.2, 0.25) is 0 Å². The maximum Gasteiger partial charge on any atom is 0.111 e. The van der Waals surface area contributed by atoms with Gasteiger partial charge in [0.1, 0.15) is 18.3 Å². The molecule has 102 valence electrons. The van der Waals surface area contributed by atoms with E-state index in [0.717, 1.165) is 6.42 Å². The monoisotopic (exact) mass is 246 g/mol. The summed E-state index contributed by atoms with van der Waals surface area (Å²) in [7, 11) is 0. The molecule has 0 aromatic rings. The van der Waals surface area contributed by atoms with Crippen molar-refractivity contribution >= 4 is 0 Å². The summed E-state index contributed by atoms with van der Waals surface area (Å²) in [5.74, 6) is 0.565. The van der Waals surface area contributed by atoms with Crippen molar-refractivity contribution in [3.63, 3.8) is 0 Å². The first-order chi connectivity index (χ1) is 8.22. The molecule has 0 aromatic heterocycles. The third-order valence-electron chi connectivity index (χ3n) is 3.51. The van der Waals surface area contributed by atoms with Crippen LogP contribution in [0.15, 0.2) is 0 Å². The molecule has 1 aliphatic heterocycles. The van der Waals surface area contributed by atoms with Crippen LogP contribution in [0.3, 0.4) is 0 Å². The van der Waals surface area contributed by atoms with Gasteiger partial charge in [-0.05, 0) is 12.3 Å². The van der Waals surface area contributed by atoms with Crippen molar-refractivity contribution in [1.82, 2.24) is 0 Å². The van der Waals surface area contributed by atoms with Crippen LogP contribution < -0.4 is 0 Å². The zero-order valence-electron chi connectivity index (χ0n) is 11.0. The Kier molecular flexibility index (Phi) is 7.04. The number of hydrogen-bond donors (Lipinski definition) is 2. The average molecular weight is 246 g/mol. The highest BCUT2D eigenvalue weighted by molar-refractivity contribution is 4.84. The van der Waals surface area contributed by atoms with E-state index in [4.69, 9.17) is 14.6 Å². The van der Waals surface area contributed by atoms with Crippen molar-refractivity contribution in [2.45, 2.75) is 57.8 Å². The SMILES string of the molecule is CCCCC(CC)CO[C@@H]1CO[C@@H](CO)[C@@H]1O. The molecule has 1 unspecified atom stereocenters. The van der Waals surface area contributed by atoms with Crippen LogP contribution in [0.5, 0.6) is 0 Å². The molecule has 0 bridgehead atoms. The predicted molar refractivity (Wildman–Crippen MR) is 65.9 cm³/mol. The van der Waals surface area contributed by atoms with Gasteiger partial charge in [-0.1, -0.05) is 33.1 Å². The fourth-order valence-corrected chi connectivity index (χ4v) is 2.12. The summed E-state index contributed by atoms with van der Waals surface area (Å²) in [5, 5.41) is 18.8. The van der Waals surface area contributed by atoms with E-state index in [-0.39, 0.29) is 12.7 Å². The summed E-state index contributed by atoms with van der Waals surface area (Å²) in [6, 6.07) is 0. The molecule has 0 amide bonds. The van der Waals surface area contributed by atoms with E-state index >= 15 is 0 Å². The molecule has 0 aliphatic carbocycles. The Labute approximate surface area is 104 Å². The van der Waals surface area contributed by atoms with E-state index < -0.39 is 12.2 Å². The van der Waals surface area contributed by atoms with E-state index in [9.17, 15) is 5.11 Å². The first-order valence-electron chi connectivity index (χ1n) is 6.75. The average Bonchev–Trinajstić information content (AvgIpc) is 2.70. The van der Waals surface area contributed by atoms with E-state index in [1.807, 2.05) is 0 Å². The van der Waals surface area contributed by atoms with E-state index in [1.54, 1.807) is 0 Å². The standard InChI is InChI=1S/C13H26O4/c1-3-5-6-10(4-2)8-16-12-9-17-11(7-14)13(12)15/h10-15H,3-9H2,1-2H3/t10?,11-,12+,13-/m0/s1. The summed E-state index contributed by atoms with van der Waals surface area (Å²) in [6.07, 6.45) is 3.28. The van der Waals surface area contributed by atoms with Crippen molar-refractivity contribution in [1.29, 1.82) is 0 Å². The highest BCUT2D eigenvalue weighted by Crippen LogP contribution is 2.20. The Hall–Kier alpha value is -0.160. The van der Waals surface area contributed by atoms with Crippen LogP contribution in [0.4, 0.5) is 0 Å². The highest BCUT2D eigenvalue weighted by atomic mass is 16.6. The van der Waals surface area contributed by atoms with Gasteiger partial charge in [0.15, 0.2) is 0 Å². The van der Waals surface area contributed by atoms with Crippen molar-refractivity contribution in [3.8, 4) is 0 Å². The molecule has 0 radical (unpaired) electrons. The number of rotatable bonds is 8. The number of aliphatic hydroxyl groups is 2. The minimum atomic E-state index is -0.691. The molecule has 1 rings (SSSR count). The molecular weight excluding hydrogens is 220 g/mol. The molecular formula is C13H26O4. The summed E-state index contributed by atoms with van der Waals surface area (Å²) >= 11 is 0. The Morgan fingerprint density at radius 2 is 2.18 bits per heavy atom. The number of hydrogen-bond acceptors (Lipinski definition) is 4. The van der Waals surface area contributed by atoms with Crippen LogP contribution in [0.25, 0.3) is 0 Å². The van der Waals surface area contributed by atoms with Gasteiger partial charge < -0.3 is 19.7 Å². The minimum Gasteiger partial charge on any atom is -0.394 e. The minimum absolute atomic E-state index is 0.145. The molecule has 4 heteroatoms. The van der Waals surface area contributed by atoms with Gasteiger partial charge >= 0.3 is 0 Å². The lowest BCUT2D eigenvalue weighted by Gasteiger charge is -2.20. The third kappa shape index (κ3) is 4.54. The van der Waals surface area contributed by atoms with Crippen molar-refractivity contribution in [3.05, 3.63) is 0 Å². The lowest BCUT2D eigenvalue weighted by Crippen LogP contribution is -2.35. The molecule has 2 N–H and O–H groups in total. The summed E-state index contributed by atoms with van der Waals surface area (Å²) in [5.41, 5.74) is 0. The first kappa shape index (κ1) is 14.9. The maximum absolute atomic E-state index is 9.80. The van der Waals surface area contributed by atoms with Crippen molar-refractivity contribution in [2.75, 3.05) is 19.8 Å². The fraction of sp³-hybridized carbons (Fsp3) is 1.00. The van der Waals surface area contributed by atoms with Crippen molar-refractivity contribution < 1.29 is 19.7 Å². The summed E-state index contributed by atoms with van der Waals surface area (Å²) in [4.78, 5) is 0. The second kappa shape index (κ2) is 8.03. The van der Waals surface area contributed by atoms with Gasteiger partial charge in [-0.15, -0.1) is 0 Å². The molecule has 1 aliphatic rings. The quantitative estimate of drug-likeness (QED) is 0.678. The van der Waals surface area contributed by atoms with E-state index in [0.29, 0.717) is 19.1 Å². The van der Waals surface area contributed by atoms with Crippen molar-refractivity contribution in [2.24, 2.45) is 5.92 Å². The predicted octanol–water partition coefficient (Wildman–Crippen LogP) is 1.34. The van der Waals surface area contributed by atoms with Gasteiger partial charge in [-0.3, -0.25) is 0 Å². The third-order valence-corrected chi connectivity index (χ3v) is 3.51. The van der Waals surface area contributed by atoms with Gasteiger partial charge in [-0.2, -0.15) is 0 Å². The van der Waals surface area contributed by atoms with Gasteiger partial charge in [0, 0.05) is 0 Å². The molecule has 0 saturated carbocycles. The Balaban J connectivity index is 2.25. The number of unbranched alkanes of at least 4 members (excludes halogenated alkanes) is 1.